The lowest BCUT2D eigenvalue weighted by Gasteiger charge is -2.13. The molecule has 5 nitrogen and oxygen atoms in total. The van der Waals surface area contributed by atoms with E-state index in [1.54, 1.807) is 11.8 Å². The molecule has 0 aromatic heterocycles. The summed E-state index contributed by atoms with van der Waals surface area (Å²) < 4.78 is 0. The van der Waals surface area contributed by atoms with Crippen molar-refractivity contribution >= 4 is 51.3 Å². The summed E-state index contributed by atoms with van der Waals surface area (Å²) in [6.07, 6.45) is 1.15. The minimum absolute atomic E-state index is 0.462. The van der Waals surface area contributed by atoms with Crippen LogP contribution in [0, 0.1) is 6.92 Å². The van der Waals surface area contributed by atoms with Gasteiger partial charge in [0.05, 0.1) is 5.71 Å². The Morgan fingerprint density at radius 1 is 1.07 bits per heavy atom. The zero-order valence-electron chi connectivity index (χ0n) is 15.5. The average Bonchev–Trinajstić information content (AvgIpc) is 2.69. The lowest BCUT2D eigenvalue weighted by molar-refractivity contribution is 0.938. The average molecular weight is 398 g/mol. The Kier molecular flexibility index (Phi) is 6.84. The van der Waals surface area contributed by atoms with Crippen molar-refractivity contribution < 1.29 is 0 Å². The van der Waals surface area contributed by atoms with E-state index < -0.39 is 0 Å². The van der Waals surface area contributed by atoms with Crippen molar-refractivity contribution in [2.45, 2.75) is 20.3 Å². The van der Waals surface area contributed by atoms with E-state index in [0.717, 1.165) is 46.5 Å². The molecule has 0 saturated carbocycles. The number of anilines is 2. The number of rotatable bonds is 4. The molecule has 1 heterocycles. The van der Waals surface area contributed by atoms with Crippen LogP contribution < -0.4 is 16.1 Å². The first-order valence-electron chi connectivity index (χ1n) is 8.83. The summed E-state index contributed by atoms with van der Waals surface area (Å²) in [5, 5.41) is 12.3. The fourth-order valence-corrected chi connectivity index (χ4v) is 3.45. The predicted molar refractivity (Wildman–Crippen MR) is 122 cm³/mol. The van der Waals surface area contributed by atoms with Crippen LogP contribution in [0.1, 0.15) is 24.5 Å². The second kappa shape index (κ2) is 9.53. The third-order valence-electron chi connectivity index (χ3n) is 3.99. The standard InChI is InChI=1S/C20H23N5S2/c1-14-4-8-17(9-5-14)22-19(26)25-24-15(2)16-6-10-18(11-7-16)23-20-21-12-3-13-27-20/h4-11H,3,12-13H2,1-2H3,(H,21,23)(H2,22,25,26)/b24-15-. The van der Waals surface area contributed by atoms with E-state index in [9.17, 15) is 0 Å². The van der Waals surface area contributed by atoms with E-state index >= 15 is 0 Å². The fraction of sp³-hybridized carbons (Fsp3) is 0.250. The van der Waals surface area contributed by atoms with Crippen LogP contribution in [0.2, 0.25) is 0 Å². The van der Waals surface area contributed by atoms with Gasteiger partial charge in [-0.25, -0.2) is 0 Å². The molecule has 0 radical (unpaired) electrons. The fourth-order valence-electron chi connectivity index (χ4n) is 2.45. The Labute approximate surface area is 169 Å². The quantitative estimate of drug-likeness (QED) is 0.399. The SMILES string of the molecule is C/C(=N/NC(=S)Nc1ccc(C)cc1)c1ccc(NC2=NCCCS2)cc1. The van der Waals surface area contributed by atoms with E-state index in [1.807, 2.05) is 55.5 Å². The van der Waals surface area contributed by atoms with Crippen LogP contribution in [0.25, 0.3) is 0 Å². The van der Waals surface area contributed by atoms with E-state index in [4.69, 9.17) is 12.2 Å². The van der Waals surface area contributed by atoms with Gasteiger partial charge in [-0.1, -0.05) is 41.6 Å². The van der Waals surface area contributed by atoms with Gasteiger partial charge < -0.3 is 10.6 Å². The maximum atomic E-state index is 5.29. The molecule has 7 heteroatoms. The van der Waals surface area contributed by atoms with Gasteiger partial charge in [0.2, 0.25) is 0 Å². The molecule has 0 aliphatic carbocycles. The summed E-state index contributed by atoms with van der Waals surface area (Å²) in [5.41, 5.74) is 7.96. The lowest BCUT2D eigenvalue weighted by Crippen LogP contribution is -2.24. The van der Waals surface area contributed by atoms with Gasteiger partial charge in [-0.05, 0) is 62.3 Å². The largest absolute Gasteiger partial charge is 0.335 e. The zero-order chi connectivity index (χ0) is 19.1. The maximum absolute atomic E-state index is 5.29. The van der Waals surface area contributed by atoms with Gasteiger partial charge in [-0.2, -0.15) is 5.10 Å². The molecule has 0 spiro atoms. The minimum atomic E-state index is 0.462. The third kappa shape index (κ3) is 6.08. The summed E-state index contributed by atoms with van der Waals surface area (Å²) in [4.78, 5) is 4.48. The molecule has 1 aliphatic heterocycles. The van der Waals surface area contributed by atoms with E-state index in [2.05, 4.69) is 33.1 Å². The topological polar surface area (TPSA) is 60.8 Å². The van der Waals surface area contributed by atoms with Crippen molar-refractivity contribution in [1.29, 1.82) is 0 Å². The predicted octanol–water partition coefficient (Wildman–Crippen LogP) is 4.61. The molecule has 3 N–H and O–H groups in total. The van der Waals surface area contributed by atoms with Crippen molar-refractivity contribution in [3.63, 3.8) is 0 Å². The smallest absolute Gasteiger partial charge is 0.191 e. The van der Waals surface area contributed by atoms with Crippen LogP contribution in [0.4, 0.5) is 11.4 Å². The van der Waals surface area contributed by atoms with Crippen molar-refractivity contribution in [2.24, 2.45) is 10.1 Å². The molecule has 27 heavy (non-hydrogen) atoms. The van der Waals surface area contributed by atoms with Gasteiger partial charge in [-0.3, -0.25) is 10.4 Å². The first-order chi connectivity index (χ1) is 13.1. The summed E-state index contributed by atoms with van der Waals surface area (Å²) in [7, 11) is 0. The van der Waals surface area contributed by atoms with E-state index in [1.165, 1.54) is 5.56 Å². The number of nitrogens with zero attached hydrogens (tertiary/aromatic N) is 2. The van der Waals surface area contributed by atoms with E-state index in [0.29, 0.717) is 5.11 Å². The molecule has 0 amide bonds. The van der Waals surface area contributed by atoms with Gasteiger partial charge in [-0.15, -0.1) is 0 Å². The van der Waals surface area contributed by atoms with Gasteiger partial charge in [0, 0.05) is 23.7 Å². The van der Waals surface area contributed by atoms with Gasteiger partial charge >= 0.3 is 0 Å². The Hall–Kier alpha value is -2.38. The second-order valence-electron chi connectivity index (χ2n) is 6.22. The van der Waals surface area contributed by atoms with Crippen molar-refractivity contribution in [3.8, 4) is 0 Å². The normalized spacial score (nSPS) is 14.3. The highest BCUT2D eigenvalue weighted by Crippen LogP contribution is 2.17. The molecule has 0 bridgehead atoms. The van der Waals surface area contributed by atoms with Crippen LogP contribution >= 0.6 is 24.0 Å². The molecule has 0 saturated heterocycles. The Bertz CT molecular complexity index is 842. The van der Waals surface area contributed by atoms with Crippen molar-refractivity contribution in [2.75, 3.05) is 22.9 Å². The number of hydrogen-bond donors (Lipinski definition) is 3. The molecule has 140 valence electrons. The summed E-state index contributed by atoms with van der Waals surface area (Å²) in [6, 6.07) is 16.2. The number of aliphatic imine (C=N–C) groups is 1. The first kappa shape index (κ1) is 19.4. The molecule has 0 atom stereocenters. The molecular formula is C20H23N5S2. The number of aryl methyl sites for hydroxylation is 1. The van der Waals surface area contributed by atoms with Crippen molar-refractivity contribution in [1.82, 2.24) is 5.43 Å². The molecule has 2 aromatic carbocycles. The zero-order valence-corrected chi connectivity index (χ0v) is 17.1. The maximum Gasteiger partial charge on any atom is 0.191 e. The van der Waals surface area contributed by atoms with Crippen LogP contribution in [-0.4, -0.2) is 28.3 Å². The van der Waals surface area contributed by atoms with Crippen LogP contribution in [0.3, 0.4) is 0 Å². The second-order valence-corrected chi connectivity index (χ2v) is 7.71. The molecular weight excluding hydrogens is 374 g/mol. The van der Waals surface area contributed by atoms with Gasteiger partial charge in [0.1, 0.15) is 0 Å². The van der Waals surface area contributed by atoms with Crippen LogP contribution in [-0.2, 0) is 0 Å². The lowest BCUT2D eigenvalue weighted by atomic mass is 10.1. The highest BCUT2D eigenvalue weighted by Gasteiger charge is 2.06. The molecule has 0 fully saturated rings. The molecule has 2 aromatic rings. The monoisotopic (exact) mass is 397 g/mol. The Balaban J connectivity index is 1.54. The number of thioether (sulfide) groups is 1. The highest BCUT2D eigenvalue weighted by atomic mass is 32.2. The summed E-state index contributed by atoms with van der Waals surface area (Å²) >= 11 is 7.06. The number of amidine groups is 1. The third-order valence-corrected chi connectivity index (χ3v) is 5.18. The highest BCUT2D eigenvalue weighted by molar-refractivity contribution is 8.14. The van der Waals surface area contributed by atoms with Gasteiger partial charge in [0.15, 0.2) is 10.3 Å². The molecule has 1 aliphatic rings. The summed E-state index contributed by atoms with van der Waals surface area (Å²) in [5.74, 6) is 1.12. The first-order valence-corrected chi connectivity index (χ1v) is 10.2. The number of benzene rings is 2. The molecule has 0 unspecified atom stereocenters. The van der Waals surface area contributed by atoms with Crippen LogP contribution in [0.15, 0.2) is 58.6 Å². The summed E-state index contributed by atoms with van der Waals surface area (Å²) in [6.45, 7) is 4.91. The minimum Gasteiger partial charge on any atom is -0.335 e. The number of thiocarbonyl (C=S) groups is 1. The Morgan fingerprint density at radius 2 is 1.78 bits per heavy atom. The molecule has 3 rings (SSSR count). The van der Waals surface area contributed by atoms with Crippen molar-refractivity contribution in [3.05, 3.63) is 59.7 Å². The Morgan fingerprint density at radius 3 is 2.44 bits per heavy atom. The van der Waals surface area contributed by atoms with Gasteiger partial charge in [0.25, 0.3) is 0 Å². The van der Waals surface area contributed by atoms with E-state index in [-0.39, 0.29) is 0 Å². The number of hydrogen-bond acceptors (Lipinski definition) is 5. The number of hydrazone groups is 1. The van der Waals surface area contributed by atoms with Crippen LogP contribution in [0.5, 0.6) is 0 Å². The number of nitrogens with one attached hydrogen (secondary N) is 3.